The van der Waals surface area contributed by atoms with E-state index in [1.807, 2.05) is 48.5 Å². The van der Waals surface area contributed by atoms with Crippen molar-refractivity contribution in [2.75, 3.05) is 14.2 Å². The van der Waals surface area contributed by atoms with Gasteiger partial charge in [-0.1, -0.05) is 23.7 Å². The lowest BCUT2D eigenvalue weighted by Gasteiger charge is -2.08. The van der Waals surface area contributed by atoms with Gasteiger partial charge in [-0.2, -0.15) is 5.10 Å². The van der Waals surface area contributed by atoms with Crippen LogP contribution < -0.4 is 19.6 Å². The van der Waals surface area contributed by atoms with Crippen molar-refractivity contribution in [3.63, 3.8) is 0 Å². The van der Waals surface area contributed by atoms with Crippen LogP contribution in [0, 0.1) is 0 Å². The Morgan fingerprint density at radius 2 is 1.67 bits per heavy atom. The molecular formula is C23H21ClN2O4. The predicted octanol–water partition coefficient (Wildman–Crippen LogP) is 4.70. The molecule has 3 aromatic carbocycles. The molecule has 7 heteroatoms. The molecule has 6 nitrogen and oxygen atoms in total. The van der Waals surface area contributed by atoms with E-state index >= 15 is 0 Å². The first kappa shape index (κ1) is 21.2. The minimum absolute atomic E-state index is 0.352. The number of nitrogens with zero attached hydrogens (tertiary/aromatic N) is 1. The Kier molecular flexibility index (Phi) is 7.29. The minimum atomic E-state index is -0.352. The number of halogens is 1. The molecule has 0 radical (unpaired) electrons. The van der Waals surface area contributed by atoms with Gasteiger partial charge in [-0.15, -0.1) is 0 Å². The van der Waals surface area contributed by atoms with Crippen LogP contribution in [0.3, 0.4) is 0 Å². The molecule has 0 aromatic heterocycles. The summed E-state index contributed by atoms with van der Waals surface area (Å²) in [6.45, 7) is 0.450. The summed E-state index contributed by atoms with van der Waals surface area (Å²) in [5.41, 5.74) is 4.76. The van der Waals surface area contributed by atoms with Gasteiger partial charge in [0.05, 0.1) is 20.4 Å². The number of amides is 1. The first-order chi connectivity index (χ1) is 14.6. The topological polar surface area (TPSA) is 69.2 Å². The van der Waals surface area contributed by atoms with Crippen molar-refractivity contribution in [2.45, 2.75) is 6.61 Å². The van der Waals surface area contributed by atoms with Crippen LogP contribution in [0.5, 0.6) is 17.2 Å². The Bertz CT molecular complexity index is 1020. The summed E-state index contributed by atoms with van der Waals surface area (Å²) in [7, 11) is 3.05. The highest BCUT2D eigenvalue weighted by Crippen LogP contribution is 2.27. The van der Waals surface area contributed by atoms with Crippen molar-refractivity contribution in [1.29, 1.82) is 0 Å². The highest BCUT2D eigenvalue weighted by Gasteiger charge is 2.09. The van der Waals surface area contributed by atoms with Crippen molar-refractivity contribution in [3.05, 3.63) is 88.4 Å². The van der Waals surface area contributed by atoms with E-state index in [9.17, 15) is 4.79 Å². The maximum atomic E-state index is 12.2. The highest BCUT2D eigenvalue weighted by molar-refractivity contribution is 6.30. The molecule has 0 aliphatic carbocycles. The van der Waals surface area contributed by atoms with Gasteiger partial charge in [-0.05, 0) is 65.7 Å². The Balaban J connectivity index is 1.53. The van der Waals surface area contributed by atoms with E-state index in [2.05, 4.69) is 10.5 Å². The van der Waals surface area contributed by atoms with Gasteiger partial charge >= 0.3 is 0 Å². The molecule has 30 heavy (non-hydrogen) atoms. The van der Waals surface area contributed by atoms with Gasteiger partial charge in [-0.25, -0.2) is 5.43 Å². The van der Waals surface area contributed by atoms with Crippen LogP contribution in [0.4, 0.5) is 0 Å². The van der Waals surface area contributed by atoms with Crippen LogP contribution in [-0.4, -0.2) is 26.3 Å². The first-order valence-electron chi connectivity index (χ1n) is 9.12. The number of carbonyl (C=O) groups is 1. The standard InChI is InChI=1S/C23H21ClN2O4/c1-28-21-12-7-18(13-22(21)29-2)23(27)26-25-14-16-5-10-20(11-6-16)30-15-17-3-8-19(24)9-4-17/h3-14H,15H2,1-2H3,(H,26,27)/b25-14-. The van der Waals surface area contributed by atoms with Crippen molar-refractivity contribution >= 4 is 23.7 Å². The average Bonchev–Trinajstić information content (AvgIpc) is 2.79. The Morgan fingerprint density at radius 1 is 0.967 bits per heavy atom. The second kappa shape index (κ2) is 10.3. The van der Waals surface area contributed by atoms with E-state index in [4.69, 9.17) is 25.8 Å². The zero-order valence-electron chi connectivity index (χ0n) is 16.6. The number of hydrogen-bond donors (Lipinski definition) is 1. The van der Waals surface area contributed by atoms with Gasteiger partial charge in [-0.3, -0.25) is 4.79 Å². The SMILES string of the molecule is COc1ccc(C(=O)N/N=C\c2ccc(OCc3ccc(Cl)cc3)cc2)cc1OC. The zero-order chi connectivity index (χ0) is 21.3. The quantitative estimate of drug-likeness (QED) is 0.420. The molecule has 0 saturated heterocycles. The third kappa shape index (κ3) is 5.75. The molecule has 0 saturated carbocycles. The van der Waals surface area contributed by atoms with E-state index in [-0.39, 0.29) is 5.91 Å². The number of methoxy groups -OCH3 is 2. The third-order valence-corrected chi connectivity index (χ3v) is 4.48. The Labute approximate surface area is 180 Å². The summed E-state index contributed by atoms with van der Waals surface area (Å²) in [5.74, 6) is 1.41. The van der Waals surface area contributed by atoms with E-state index in [0.717, 1.165) is 16.9 Å². The van der Waals surface area contributed by atoms with Crippen LogP contribution in [0.15, 0.2) is 71.8 Å². The van der Waals surface area contributed by atoms with E-state index in [1.165, 1.54) is 14.2 Å². The van der Waals surface area contributed by atoms with E-state index in [1.54, 1.807) is 24.4 Å². The van der Waals surface area contributed by atoms with Gasteiger partial charge in [0.2, 0.25) is 0 Å². The number of ether oxygens (including phenoxy) is 3. The van der Waals surface area contributed by atoms with Gasteiger partial charge in [0.15, 0.2) is 11.5 Å². The fraction of sp³-hybridized carbons (Fsp3) is 0.130. The van der Waals surface area contributed by atoms with E-state index in [0.29, 0.717) is 28.7 Å². The first-order valence-corrected chi connectivity index (χ1v) is 9.49. The second-order valence-electron chi connectivity index (χ2n) is 6.25. The molecule has 3 rings (SSSR count). The molecule has 3 aromatic rings. The molecule has 0 fully saturated rings. The molecule has 0 heterocycles. The molecule has 0 aliphatic rings. The summed E-state index contributed by atoms with van der Waals surface area (Å²) in [4.78, 5) is 12.2. The van der Waals surface area contributed by atoms with Crippen LogP contribution >= 0.6 is 11.6 Å². The van der Waals surface area contributed by atoms with Gasteiger partial charge < -0.3 is 14.2 Å². The summed E-state index contributed by atoms with van der Waals surface area (Å²) in [6, 6.07) is 19.8. The molecule has 0 atom stereocenters. The van der Waals surface area contributed by atoms with Crippen LogP contribution in [0.25, 0.3) is 0 Å². The Morgan fingerprint density at radius 3 is 2.33 bits per heavy atom. The molecule has 0 spiro atoms. The van der Waals surface area contributed by atoms with Crippen LogP contribution in [0.1, 0.15) is 21.5 Å². The number of hydrogen-bond acceptors (Lipinski definition) is 5. The third-order valence-electron chi connectivity index (χ3n) is 4.22. The molecule has 0 bridgehead atoms. The van der Waals surface area contributed by atoms with Crippen molar-refractivity contribution < 1.29 is 19.0 Å². The minimum Gasteiger partial charge on any atom is -0.493 e. The van der Waals surface area contributed by atoms with Crippen molar-refractivity contribution in [1.82, 2.24) is 5.43 Å². The maximum Gasteiger partial charge on any atom is 0.271 e. The highest BCUT2D eigenvalue weighted by atomic mass is 35.5. The number of rotatable bonds is 8. The monoisotopic (exact) mass is 424 g/mol. The lowest BCUT2D eigenvalue weighted by molar-refractivity contribution is 0.0954. The van der Waals surface area contributed by atoms with Gasteiger partial charge in [0.1, 0.15) is 12.4 Å². The summed E-state index contributed by atoms with van der Waals surface area (Å²) in [5, 5.41) is 4.69. The molecule has 0 unspecified atom stereocenters. The Hall–Kier alpha value is -3.51. The summed E-state index contributed by atoms with van der Waals surface area (Å²) < 4.78 is 16.1. The number of carbonyl (C=O) groups excluding carboxylic acids is 1. The zero-order valence-corrected chi connectivity index (χ0v) is 17.3. The summed E-state index contributed by atoms with van der Waals surface area (Å²) >= 11 is 5.88. The van der Waals surface area contributed by atoms with E-state index < -0.39 is 0 Å². The average molecular weight is 425 g/mol. The van der Waals surface area contributed by atoms with Crippen molar-refractivity contribution in [3.8, 4) is 17.2 Å². The van der Waals surface area contributed by atoms with Crippen molar-refractivity contribution in [2.24, 2.45) is 5.10 Å². The fourth-order valence-corrected chi connectivity index (χ4v) is 2.73. The maximum absolute atomic E-state index is 12.2. The molecule has 1 amide bonds. The predicted molar refractivity (Wildman–Crippen MR) is 117 cm³/mol. The number of hydrazone groups is 1. The molecule has 154 valence electrons. The molecule has 0 aliphatic heterocycles. The number of benzene rings is 3. The van der Waals surface area contributed by atoms with Crippen LogP contribution in [-0.2, 0) is 6.61 Å². The largest absolute Gasteiger partial charge is 0.493 e. The smallest absolute Gasteiger partial charge is 0.271 e. The number of nitrogens with one attached hydrogen (secondary N) is 1. The lowest BCUT2D eigenvalue weighted by Crippen LogP contribution is -2.17. The van der Waals surface area contributed by atoms with Crippen LogP contribution in [0.2, 0.25) is 5.02 Å². The second-order valence-corrected chi connectivity index (χ2v) is 6.69. The lowest BCUT2D eigenvalue weighted by atomic mass is 10.2. The molecule has 1 N–H and O–H groups in total. The normalized spacial score (nSPS) is 10.6. The van der Waals surface area contributed by atoms with Gasteiger partial charge in [0, 0.05) is 10.6 Å². The summed E-state index contributed by atoms with van der Waals surface area (Å²) in [6.07, 6.45) is 1.56. The molecular weight excluding hydrogens is 404 g/mol. The van der Waals surface area contributed by atoms with Gasteiger partial charge in [0.25, 0.3) is 5.91 Å². The fourth-order valence-electron chi connectivity index (χ4n) is 2.60.